The molecule has 0 saturated carbocycles. The van der Waals surface area contributed by atoms with Crippen LogP contribution in [0.25, 0.3) is 33.2 Å². The van der Waals surface area contributed by atoms with E-state index in [0.29, 0.717) is 30.0 Å². The summed E-state index contributed by atoms with van der Waals surface area (Å²) in [5, 5.41) is 4.76. The number of nitrogens with one attached hydrogen (secondary N) is 2. The Labute approximate surface area is 208 Å². The number of fused-ring (bicyclic) bond motifs is 2. The van der Waals surface area contributed by atoms with Crippen molar-refractivity contribution in [1.82, 2.24) is 9.97 Å². The van der Waals surface area contributed by atoms with E-state index < -0.39 is 0 Å². The summed E-state index contributed by atoms with van der Waals surface area (Å²) in [6.07, 6.45) is 1.44. The number of carbonyl (C=O) groups excluding carboxylic acids is 1. The molecular formula is C29H26FN3O3. The molecule has 5 aromatic rings. The number of methoxy groups -OCH3 is 2. The summed E-state index contributed by atoms with van der Waals surface area (Å²) in [6, 6.07) is 21.9. The Morgan fingerprint density at radius 3 is 2.69 bits per heavy atom. The Balaban J connectivity index is 1.39. The summed E-state index contributed by atoms with van der Waals surface area (Å²) in [5.74, 6) is 0.738. The number of para-hydroxylation sites is 1. The van der Waals surface area contributed by atoms with Gasteiger partial charge in [0.05, 0.1) is 36.8 Å². The number of anilines is 1. The molecule has 36 heavy (non-hydrogen) atoms. The SMILES string of the molecule is COc1ccc(OC)c(NC(=O)CCCc2c(-c3ccc4ccccc4n3)[nH]c3ccc(F)cc23)c1. The van der Waals surface area contributed by atoms with Gasteiger partial charge in [0, 0.05) is 28.8 Å². The topological polar surface area (TPSA) is 76.2 Å². The van der Waals surface area contributed by atoms with Crippen LogP contribution in [0, 0.1) is 5.82 Å². The molecule has 5 rings (SSSR count). The van der Waals surface area contributed by atoms with E-state index in [1.165, 1.54) is 12.1 Å². The van der Waals surface area contributed by atoms with Crippen molar-refractivity contribution in [2.24, 2.45) is 0 Å². The van der Waals surface area contributed by atoms with Gasteiger partial charge >= 0.3 is 0 Å². The van der Waals surface area contributed by atoms with E-state index in [4.69, 9.17) is 14.5 Å². The number of carbonyl (C=O) groups is 1. The normalized spacial score (nSPS) is 11.1. The van der Waals surface area contributed by atoms with Gasteiger partial charge in [0.1, 0.15) is 17.3 Å². The van der Waals surface area contributed by atoms with Crippen LogP contribution in [0.3, 0.4) is 0 Å². The monoisotopic (exact) mass is 483 g/mol. The number of halogens is 1. The van der Waals surface area contributed by atoms with Crippen LogP contribution in [0.15, 0.2) is 72.8 Å². The van der Waals surface area contributed by atoms with E-state index in [-0.39, 0.29) is 18.1 Å². The number of nitrogens with zero attached hydrogens (tertiary/aromatic N) is 1. The highest BCUT2D eigenvalue weighted by atomic mass is 19.1. The van der Waals surface area contributed by atoms with Gasteiger partial charge in [-0.1, -0.05) is 24.3 Å². The van der Waals surface area contributed by atoms with Crippen LogP contribution in [0.1, 0.15) is 18.4 Å². The van der Waals surface area contributed by atoms with Gasteiger partial charge in [0.15, 0.2) is 0 Å². The quantitative estimate of drug-likeness (QED) is 0.264. The molecule has 0 fully saturated rings. The number of pyridine rings is 1. The molecular weight excluding hydrogens is 457 g/mol. The Morgan fingerprint density at radius 1 is 1.00 bits per heavy atom. The average Bonchev–Trinajstić information content (AvgIpc) is 3.25. The van der Waals surface area contributed by atoms with E-state index in [1.807, 2.05) is 36.4 Å². The van der Waals surface area contributed by atoms with Crippen molar-refractivity contribution >= 4 is 33.4 Å². The van der Waals surface area contributed by atoms with Crippen LogP contribution in [-0.2, 0) is 11.2 Å². The smallest absolute Gasteiger partial charge is 0.224 e. The van der Waals surface area contributed by atoms with E-state index in [0.717, 1.165) is 38.8 Å². The molecule has 2 N–H and O–H groups in total. The van der Waals surface area contributed by atoms with Crippen molar-refractivity contribution in [1.29, 1.82) is 0 Å². The van der Waals surface area contributed by atoms with Gasteiger partial charge in [-0.3, -0.25) is 4.79 Å². The lowest BCUT2D eigenvalue weighted by Crippen LogP contribution is -2.12. The van der Waals surface area contributed by atoms with Crippen LogP contribution in [0.2, 0.25) is 0 Å². The van der Waals surface area contributed by atoms with Gasteiger partial charge in [0.2, 0.25) is 5.91 Å². The zero-order valence-electron chi connectivity index (χ0n) is 20.1. The number of amides is 1. The van der Waals surface area contributed by atoms with E-state index >= 15 is 0 Å². The maximum absolute atomic E-state index is 14.1. The third-order valence-corrected chi connectivity index (χ3v) is 6.23. The van der Waals surface area contributed by atoms with Crippen molar-refractivity contribution in [3.63, 3.8) is 0 Å². The second-order valence-corrected chi connectivity index (χ2v) is 8.53. The highest BCUT2D eigenvalue weighted by Crippen LogP contribution is 2.33. The standard InChI is InChI=1S/C29H26FN3O3/c1-35-20-12-15-27(36-2)26(17-20)32-28(34)9-5-7-21-22-16-19(30)11-14-24(22)33-29(21)25-13-10-18-6-3-4-8-23(18)31-25/h3-4,6,8,10-17,33H,5,7,9H2,1-2H3,(H,32,34). The first-order valence-electron chi connectivity index (χ1n) is 11.7. The molecule has 1 amide bonds. The molecule has 0 unspecified atom stereocenters. The van der Waals surface area contributed by atoms with E-state index in [1.54, 1.807) is 38.5 Å². The minimum atomic E-state index is -0.302. The van der Waals surface area contributed by atoms with Gasteiger partial charge in [-0.25, -0.2) is 9.37 Å². The van der Waals surface area contributed by atoms with Gasteiger partial charge in [-0.2, -0.15) is 0 Å². The number of hydrogen-bond acceptors (Lipinski definition) is 4. The lowest BCUT2D eigenvalue weighted by molar-refractivity contribution is -0.116. The number of benzene rings is 3. The lowest BCUT2D eigenvalue weighted by Gasteiger charge is -2.12. The Kier molecular flexibility index (Phi) is 6.54. The first-order chi connectivity index (χ1) is 17.6. The molecule has 0 aliphatic carbocycles. The Morgan fingerprint density at radius 2 is 1.86 bits per heavy atom. The van der Waals surface area contributed by atoms with Crippen molar-refractivity contribution in [2.45, 2.75) is 19.3 Å². The number of H-pyrrole nitrogens is 1. The summed E-state index contributed by atoms with van der Waals surface area (Å²) >= 11 is 0. The van der Waals surface area contributed by atoms with E-state index in [2.05, 4.69) is 10.3 Å². The number of aromatic amines is 1. The number of aromatic nitrogens is 2. The van der Waals surface area contributed by atoms with Crippen molar-refractivity contribution in [3.05, 3.63) is 84.2 Å². The fraction of sp³-hybridized carbons (Fsp3) is 0.172. The van der Waals surface area contributed by atoms with Crippen LogP contribution < -0.4 is 14.8 Å². The first-order valence-corrected chi connectivity index (χ1v) is 11.7. The summed E-state index contributed by atoms with van der Waals surface area (Å²) in [4.78, 5) is 21.0. The summed E-state index contributed by atoms with van der Waals surface area (Å²) < 4.78 is 24.7. The summed E-state index contributed by atoms with van der Waals surface area (Å²) in [6.45, 7) is 0. The lowest BCUT2D eigenvalue weighted by atomic mass is 10.0. The number of ether oxygens (including phenoxy) is 2. The maximum atomic E-state index is 14.1. The van der Waals surface area contributed by atoms with Gasteiger partial charge in [-0.05, 0) is 60.9 Å². The number of rotatable bonds is 8. The molecule has 0 bridgehead atoms. The first kappa shape index (κ1) is 23.4. The second-order valence-electron chi connectivity index (χ2n) is 8.53. The number of aryl methyl sites for hydroxylation is 1. The molecule has 0 aliphatic rings. The van der Waals surface area contributed by atoms with Crippen molar-refractivity contribution < 1.29 is 18.7 Å². The summed E-state index contributed by atoms with van der Waals surface area (Å²) in [7, 11) is 3.12. The average molecular weight is 484 g/mol. The summed E-state index contributed by atoms with van der Waals surface area (Å²) in [5.41, 5.74) is 4.84. The Bertz CT molecular complexity index is 1560. The largest absolute Gasteiger partial charge is 0.497 e. The molecule has 0 saturated heterocycles. The fourth-order valence-corrected chi connectivity index (χ4v) is 4.45. The van der Waals surface area contributed by atoms with Gasteiger partial charge in [-0.15, -0.1) is 0 Å². The molecule has 182 valence electrons. The molecule has 3 aromatic carbocycles. The van der Waals surface area contributed by atoms with Crippen LogP contribution in [0.5, 0.6) is 11.5 Å². The van der Waals surface area contributed by atoms with Gasteiger partial charge in [0.25, 0.3) is 0 Å². The fourth-order valence-electron chi connectivity index (χ4n) is 4.45. The molecule has 6 nitrogen and oxygen atoms in total. The number of hydrogen-bond donors (Lipinski definition) is 2. The molecule has 7 heteroatoms. The predicted octanol–water partition coefficient (Wildman–Crippen LogP) is 6.50. The highest BCUT2D eigenvalue weighted by molar-refractivity contribution is 5.93. The second kappa shape index (κ2) is 10.1. The van der Waals surface area contributed by atoms with E-state index in [9.17, 15) is 9.18 Å². The molecule has 0 atom stereocenters. The van der Waals surface area contributed by atoms with Crippen LogP contribution >= 0.6 is 0 Å². The minimum absolute atomic E-state index is 0.141. The van der Waals surface area contributed by atoms with Gasteiger partial charge < -0.3 is 19.8 Å². The molecule has 0 aliphatic heterocycles. The molecule has 2 aromatic heterocycles. The molecule has 2 heterocycles. The molecule has 0 radical (unpaired) electrons. The third-order valence-electron chi connectivity index (χ3n) is 6.23. The molecule has 0 spiro atoms. The predicted molar refractivity (Wildman–Crippen MR) is 140 cm³/mol. The highest BCUT2D eigenvalue weighted by Gasteiger charge is 2.16. The van der Waals surface area contributed by atoms with Crippen molar-refractivity contribution in [3.8, 4) is 22.9 Å². The maximum Gasteiger partial charge on any atom is 0.224 e. The zero-order chi connectivity index (χ0) is 25.1. The van der Waals surface area contributed by atoms with Crippen LogP contribution in [-0.4, -0.2) is 30.1 Å². The third kappa shape index (κ3) is 4.73. The Hall–Kier alpha value is -4.39. The van der Waals surface area contributed by atoms with Crippen molar-refractivity contribution in [2.75, 3.05) is 19.5 Å². The van der Waals surface area contributed by atoms with Crippen LogP contribution in [0.4, 0.5) is 10.1 Å². The minimum Gasteiger partial charge on any atom is -0.497 e. The zero-order valence-corrected chi connectivity index (χ0v) is 20.1.